The molecule has 78 valence electrons. The highest BCUT2D eigenvalue weighted by Crippen LogP contribution is 2.41. The van der Waals surface area contributed by atoms with Gasteiger partial charge in [0.2, 0.25) is 0 Å². The quantitative estimate of drug-likeness (QED) is 0.734. The summed E-state index contributed by atoms with van der Waals surface area (Å²) in [6.45, 7) is 8.15. The topological polar surface area (TPSA) is 12.0 Å². The monoisotopic (exact) mass is 201 g/mol. The summed E-state index contributed by atoms with van der Waals surface area (Å²) < 4.78 is 0.518. The number of rotatable bonds is 5. The SMILES string of the molecule is CCCNC(CC)C1(C)CCCS1. The zero-order valence-electron chi connectivity index (χ0n) is 9.23. The van der Waals surface area contributed by atoms with Crippen molar-refractivity contribution in [1.29, 1.82) is 0 Å². The summed E-state index contributed by atoms with van der Waals surface area (Å²) in [6.07, 6.45) is 5.32. The van der Waals surface area contributed by atoms with Gasteiger partial charge in [0.25, 0.3) is 0 Å². The van der Waals surface area contributed by atoms with Gasteiger partial charge in [-0.15, -0.1) is 0 Å². The van der Waals surface area contributed by atoms with Crippen molar-refractivity contribution >= 4 is 11.8 Å². The summed E-state index contributed by atoms with van der Waals surface area (Å²) in [5.41, 5.74) is 0. The Hall–Kier alpha value is 0.310. The van der Waals surface area contributed by atoms with E-state index >= 15 is 0 Å². The molecule has 1 heterocycles. The van der Waals surface area contributed by atoms with E-state index in [0.717, 1.165) is 6.04 Å². The highest BCUT2D eigenvalue weighted by atomic mass is 32.2. The van der Waals surface area contributed by atoms with Crippen molar-refractivity contribution in [3.05, 3.63) is 0 Å². The van der Waals surface area contributed by atoms with Gasteiger partial charge in [0, 0.05) is 10.8 Å². The van der Waals surface area contributed by atoms with Crippen LogP contribution in [0.25, 0.3) is 0 Å². The van der Waals surface area contributed by atoms with Gasteiger partial charge in [0.1, 0.15) is 0 Å². The molecule has 0 bridgehead atoms. The molecule has 0 radical (unpaired) electrons. The first kappa shape index (κ1) is 11.4. The van der Waals surface area contributed by atoms with Crippen LogP contribution in [0.2, 0.25) is 0 Å². The third-order valence-corrected chi connectivity index (χ3v) is 4.68. The second kappa shape index (κ2) is 5.26. The Balaban J connectivity index is 2.43. The lowest BCUT2D eigenvalue weighted by Gasteiger charge is -2.33. The van der Waals surface area contributed by atoms with Crippen molar-refractivity contribution in [2.75, 3.05) is 12.3 Å². The van der Waals surface area contributed by atoms with Crippen LogP contribution in [0, 0.1) is 0 Å². The van der Waals surface area contributed by atoms with E-state index in [1.807, 2.05) is 0 Å². The third kappa shape index (κ3) is 2.88. The Labute approximate surface area is 87.1 Å². The van der Waals surface area contributed by atoms with E-state index < -0.39 is 0 Å². The molecule has 0 aliphatic carbocycles. The summed E-state index contributed by atoms with van der Waals surface area (Å²) in [5, 5.41) is 3.68. The van der Waals surface area contributed by atoms with Crippen LogP contribution in [-0.2, 0) is 0 Å². The lowest BCUT2D eigenvalue weighted by molar-refractivity contribution is 0.392. The maximum atomic E-state index is 3.68. The zero-order chi connectivity index (χ0) is 9.73. The second-order valence-electron chi connectivity index (χ2n) is 4.18. The summed E-state index contributed by atoms with van der Waals surface area (Å²) in [6, 6.07) is 0.722. The predicted molar refractivity (Wildman–Crippen MR) is 62.5 cm³/mol. The summed E-state index contributed by atoms with van der Waals surface area (Å²) in [5.74, 6) is 1.36. The molecule has 2 unspecified atom stereocenters. The molecule has 1 fully saturated rings. The molecule has 0 spiro atoms. The molecule has 0 amide bonds. The lowest BCUT2D eigenvalue weighted by Crippen LogP contribution is -2.45. The van der Waals surface area contributed by atoms with Crippen LogP contribution in [0.15, 0.2) is 0 Å². The molecule has 13 heavy (non-hydrogen) atoms. The van der Waals surface area contributed by atoms with E-state index in [0.29, 0.717) is 4.75 Å². The average molecular weight is 201 g/mol. The van der Waals surface area contributed by atoms with Crippen LogP contribution in [0.4, 0.5) is 0 Å². The van der Waals surface area contributed by atoms with Crippen LogP contribution in [-0.4, -0.2) is 23.1 Å². The van der Waals surface area contributed by atoms with Crippen molar-refractivity contribution < 1.29 is 0 Å². The molecule has 0 aromatic carbocycles. The van der Waals surface area contributed by atoms with Gasteiger partial charge in [-0.2, -0.15) is 11.8 Å². The molecule has 2 atom stereocenters. The minimum Gasteiger partial charge on any atom is -0.313 e. The average Bonchev–Trinajstić information content (AvgIpc) is 2.54. The lowest BCUT2D eigenvalue weighted by atomic mass is 9.94. The summed E-state index contributed by atoms with van der Waals surface area (Å²) >= 11 is 2.17. The summed E-state index contributed by atoms with van der Waals surface area (Å²) in [4.78, 5) is 0. The molecule has 1 rings (SSSR count). The number of hydrogen-bond acceptors (Lipinski definition) is 2. The molecule has 0 aromatic rings. The van der Waals surface area contributed by atoms with Crippen molar-refractivity contribution in [2.45, 2.75) is 57.2 Å². The van der Waals surface area contributed by atoms with Crippen molar-refractivity contribution in [1.82, 2.24) is 5.32 Å². The standard InChI is InChI=1S/C11H23NS/c1-4-8-12-10(5-2)11(3)7-6-9-13-11/h10,12H,4-9H2,1-3H3. The first-order chi connectivity index (χ1) is 6.23. The normalized spacial score (nSPS) is 30.7. The van der Waals surface area contributed by atoms with Crippen molar-refractivity contribution in [3.8, 4) is 0 Å². The number of hydrogen-bond donors (Lipinski definition) is 1. The van der Waals surface area contributed by atoms with Crippen molar-refractivity contribution in [3.63, 3.8) is 0 Å². The minimum atomic E-state index is 0.518. The van der Waals surface area contributed by atoms with Crippen LogP contribution < -0.4 is 5.32 Å². The smallest absolute Gasteiger partial charge is 0.0285 e. The fraction of sp³-hybridized carbons (Fsp3) is 1.00. The van der Waals surface area contributed by atoms with Gasteiger partial charge in [-0.05, 0) is 44.9 Å². The number of thioether (sulfide) groups is 1. The first-order valence-electron chi connectivity index (χ1n) is 5.60. The Morgan fingerprint density at radius 3 is 2.69 bits per heavy atom. The van der Waals surface area contributed by atoms with E-state index in [2.05, 4.69) is 37.8 Å². The zero-order valence-corrected chi connectivity index (χ0v) is 10.0. The Kier molecular flexibility index (Phi) is 4.60. The van der Waals surface area contributed by atoms with E-state index in [4.69, 9.17) is 0 Å². The highest BCUT2D eigenvalue weighted by molar-refractivity contribution is 8.00. The largest absolute Gasteiger partial charge is 0.313 e. The Bertz CT molecular complexity index is 141. The van der Waals surface area contributed by atoms with Gasteiger partial charge < -0.3 is 5.32 Å². The Morgan fingerprint density at radius 1 is 1.46 bits per heavy atom. The molecular weight excluding hydrogens is 178 g/mol. The molecular formula is C11H23NS. The number of nitrogens with one attached hydrogen (secondary N) is 1. The summed E-state index contributed by atoms with van der Waals surface area (Å²) in [7, 11) is 0. The van der Waals surface area contributed by atoms with Crippen molar-refractivity contribution in [2.24, 2.45) is 0 Å². The molecule has 2 heteroatoms. The van der Waals surface area contributed by atoms with Crippen LogP contribution in [0.5, 0.6) is 0 Å². The van der Waals surface area contributed by atoms with Gasteiger partial charge >= 0.3 is 0 Å². The van der Waals surface area contributed by atoms with Gasteiger partial charge in [-0.25, -0.2) is 0 Å². The van der Waals surface area contributed by atoms with E-state index in [9.17, 15) is 0 Å². The highest BCUT2D eigenvalue weighted by Gasteiger charge is 2.36. The molecule has 1 aliphatic heterocycles. The van der Waals surface area contributed by atoms with Crippen LogP contribution in [0.3, 0.4) is 0 Å². The molecule has 1 saturated heterocycles. The maximum absolute atomic E-state index is 3.68. The van der Waals surface area contributed by atoms with Crippen LogP contribution in [0.1, 0.15) is 46.5 Å². The van der Waals surface area contributed by atoms with Gasteiger partial charge in [-0.1, -0.05) is 13.8 Å². The predicted octanol–water partition coefficient (Wildman–Crippen LogP) is 3.05. The minimum absolute atomic E-state index is 0.518. The second-order valence-corrected chi connectivity index (χ2v) is 5.81. The van der Waals surface area contributed by atoms with Crippen LogP contribution >= 0.6 is 11.8 Å². The van der Waals surface area contributed by atoms with Gasteiger partial charge in [-0.3, -0.25) is 0 Å². The fourth-order valence-electron chi connectivity index (χ4n) is 2.19. The molecule has 0 aromatic heterocycles. The molecule has 1 aliphatic rings. The van der Waals surface area contributed by atoms with E-state index in [-0.39, 0.29) is 0 Å². The third-order valence-electron chi connectivity index (χ3n) is 3.04. The van der Waals surface area contributed by atoms with E-state index in [1.165, 1.54) is 38.0 Å². The maximum Gasteiger partial charge on any atom is 0.0285 e. The fourth-order valence-corrected chi connectivity index (χ4v) is 3.68. The first-order valence-corrected chi connectivity index (χ1v) is 6.59. The van der Waals surface area contributed by atoms with Gasteiger partial charge in [0.15, 0.2) is 0 Å². The molecule has 1 nitrogen and oxygen atoms in total. The molecule has 1 N–H and O–H groups in total. The van der Waals surface area contributed by atoms with E-state index in [1.54, 1.807) is 0 Å². The van der Waals surface area contributed by atoms with Gasteiger partial charge in [0.05, 0.1) is 0 Å². The Morgan fingerprint density at radius 2 is 2.23 bits per heavy atom. The molecule has 0 saturated carbocycles.